The number of fused-ring (bicyclic) bond motifs is 1. The first-order chi connectivity index (χ1) is 9.73. The van der Waals surface area contributed by atoms with Crippen molar-refractivity contribution in [2.24, 2.45) is 5.73 Å². The first kappa shape index (κ1) is 12.6. The third-order valence-electron chi connectivity index (χ3n) is 3.54. The number of aromatic nitrogens is 3. The van der Waals surface area contributed by atoms with E-state index in [0.717, 1.165) is 16.9 Å². The Morgan fingerprint density at radius 1 is 1.20 bits per heavy atom. The molecule has 0 amide bonds. The average molecular weight is 267 g/mol. The van der Waals surface area contributed by atoms with Gasteiger partial charge in [0.1, 0.15) is 5.52 Å². The summed E-state index contributed by atoms with van der Waals surface area (Å²) < 4.78 is 1.79. The topological polar surface area (TPSA) is 68.2 Å². The SMILES string of the molecule is CC(CN)(Nc1nccn2nccc12)c1ccccc1. The summed E-state index contributed by atoms with van der Waals surface area (Å²) in [5.74, 6) is 0.779. The standard InChI is InChI=1S/C15H17N5/c1-15(11-16,12-5-3-2-4-6-12)19-14-13-7-8-18-20(13)10-9-17-14/h2-10H,11,16H2,1H3,(H,17,19). The van der Waals surface area contributed by atoms with E-state index in [9.17, 15) is 0 Å². The first-order valence-corrected chi connectivity index (χ1v) is 6.55. The average Bonchev–Trinajstić information content (AvgIpc) is 2.98. The number of nitrogens with two attached hydrogens (primary N) is 1. The van der Waals surface area contributed by atoms with Crippen LogP contribution in [0.5, 0.6) is 0 Å². The molecule has 3 aromatic rings. The van der Waals surface area contributed by atoms with E-state index in [4.69, 9.17) is 5.73 Å². The molecule has 0 saturated heterocycles. The number of hydrogen-bond donors (Lipinski definition) is 2. The fourth-order valence-corrected chi connectivity index (χ4v) is 2.26. The molecular weight excluding hydrogens is 250 g/mol. The zero-order valence-electron chi connectivity index (χ0n) is 11.3. The third-order valence-corrected chi connectivity index (χ3v) is 3.54. The summed E-state index contributed by atoms with van der Waals surface area (Å²) in [6.45, 7) is 2.54. The van der Waals surface area contributed by atoms with E-state index < -0.39 is 0 Å². The van der Waals surface area contributed by atoms with Crippen molar-refractivity contribution in [1.29, 1.82) is 0 Å². The van der Waals surface area contributed by atoms with Crippen molar-refractivity contribution in [3.63, 3.8) is 0 Å². The van der Waals surface area contributed by atoms with E-state index in [1.165, 1.54) is 0 Å². The normalized spacial score (nSPS) is 14.1. The maximum absolute atomic E-state index is 5.99. The highest BCUT2D eigenvalue weighted by molar-refractivity contribution is 5.68. The first-order valence-electron chi connectivity index (χ1n) is 6.55. The Morgan fingerprint density at radius 3 is 2.75 bits per heavy atom. The molecule has 102 valence electrons. The van der Waals surface area contributed by atoms with Crippen molar-refractivity contribution in [2.45, 2.75) is 12.5 Å². The lowest BCUT2D eigenvalue weighted by Gasteiger charge is -2.30. The zero-order valence-corrected chi connectivity index (χ0v) is 11.3. The fraction of sp³-hybridized carbons (Fsp3) is 0.200. The van der Waals surface area contributed by atoms with Crippen LogP contribution in [0, 0.1) is 0 Å². The Hall–Kier alpha value is -2.40. The molecule has 1 atom stereocenters. The number of nitrogens with one attached hydrogen (secondary N) is 1. The van der Waals surface area contributed by atoms with E-state index in [1.807, 2.05) is 30.5 Å². The van der Waals surface area contributed by atoms with Crippen molar-refractivity contribution in [3.05, 3.63) is 60.6 Å². The van der Waals surface area contributed by atoms with Crippen LogP contribution >= 0.6 is 0 Å². The van der Waals surface area contributed by atoms with Crippen molar-refractivity contribution >= 4 is 11.3 Å². The van der Waals surface area contributed by atoms with Crippen molar-refractivity contribution in [2.75, 3.05) is 11.9 Å². The Bertz CT molecular complexity index is 706. The Labute approximate surface area is 117 Å². The molecule has 0 saturated carbocycles. The summed E-state index contributed by atoms with van der Waals surface area (Å²) in [6.07, 6.45) is 5.30. The minimum atomic E-state index is -0.375. The van der Waals surface area contributed by atoms with Gasteiger partial charge in [-0.1, -0.05) is 30.3 Å². The van der Waals surface area contributed by atoms with Gasteiger partial charge in [0.2, 0.25) is 0 Å². The molecule has 1 aromatic carbocycles. The van der Waals surface area contributed by atoms with Gasteiger partial charge in [0.25, 0.3) is 0 Å². The molecule has 0 spiro atoms. The highest BCUT2D eigenvalue weighted by Gasteiger charge is 2.25. The molecule has 1 unspecified atom stereocenters. The molecule has 20 heavy (non-hydrogen) atoms. The highest BCUT2D eigenvalue weighted by atomic mass is 15.2. The number of anilines is 1. The lowest BCUT2D eigenvalue weighted by Crippen LogP contribution is -2.40. The lowest BCUT2D eigenvalue weighted by atomic mass is 9.92. The third kappa shape index (κ3) is 2.12. The van der Waals surface area contributed by atoms with Crippen LogP contribution in [-0.2, 0) is 5.54 Å². The molecule has 3 rings (SSSR count). The minimum absolute atomic E-state index is 0.375. The number of benzene rings is 1. The molecule has 2 aromatic heterocycles. The molecule has 3 N–H and O–H groups in total. The summed E-state index contributed by atoms with van der Waals surface area (Å²) in [5, 5.41) is 7.67. The van der Waals surface area contributed by atoms with Crippen LogP contribution in [0.4, 0.5) is 5.82 Å². The van der Waals surface area contributed by atoms with Crippen molar-refractivity contribution in [1.82, 2.24) is 14.6 Å². The molecule has 0 aliphatic heterocycles. The van der Waals surface area contributed by atoms with Gasteiger partial charge in [-0.05, 0) is 18.6 Å². The molecule has 2 heterocycles. The Morgan fingerprint density at radius 2 is 2.00 bits per heavy atom. The van der Waals surface area contributed by atoms with E-state index in [-0.39, 0.29) is 5.54 Å². The van der Waals surface area contributed by atoms with Gasteiger partial charge in [-0.2, -0.15) is 5.10 Å². The van der Waals surface area contributed by atoms with Gasteiger partial charge < -0.3 is 11.1 Å². The van der Waals surface area contributed by atoms with Crippen LogP contribution < -0.4 is 11.1 Å². The van der Waals surface area contributed by atoms with Gasteiger partial charge in [0.15, 0.2) is 5.82 Å². The lowest BCUT2D eigenvalue weighted by molar-refractivity contribution is 0.554. The van der Waals surface area contributed by atoms with Crippen LogP contribution in [0.3, 0.4) is 0 Å². The molecular formula is C15H17N5. The maximum atomic E-state index is 5.99. The number of nitrogens with zero attached hydrogens (tertiary/aromatic N) is 3. The van der Waals surface area contributed by atoms with Gasteiger partial charge in [0, 0.05) is 18.9 Å². The molecule has 0 radical (unpaired) electrons. The Kier molecular flexibility index (Phi) is 3.12. The van der Waals surface area contributed by atoms with E-state index in [2.05, 4.69) is 34.5 Å². The van der Waals surface area contributed by atoms with Crippen LogP contribution in [0.15, 0.2) is 55.0 Å². The van der Waals surface area contributed by atoms with Crippen LogP contribution in [-0.4, -0.2) is 21.1 Å². The van der Waals surface area contributed by atoms with Crippen molar-refractivity contribution in [3.8, 4) is 0 Å². The second kappa shape index (κ2) is 4.94. The Balaban J connectivity index is 2.01. The summed E-state index contributed by atoms with van der Waals surface area (Å²) >= 11 is 0. The maximum Gasteiger partial charge on any atom is 0.152 e. The minimum Gasteiger partial charge on any atom is -0.358 e. The van der Waals surface area contributed by atoms with Gasteiger partial charge in [-0.25, -0.2) is 9.50 Å². The highest BCUT2D eigenvalue weighted by Crippen LogP contribution is 2.26. The molecule has 0 fully saturated rings. The van der Waals surface area contributed by atoms with Gasteiger partial charge >= 0.3 is 0 Å². The predicted octanol–water partition coefficient (Wildman–Crippen LogP) is 2.02. The van der Waals surface area contributed by atoms with E-state index >= 15 is 0 Å². The molecule has 5 heteroatoms. The monoisotopic (exact) mass is 267 g/mol. The number of hydrogen-bond acceptors (Lipinski definition) is 4. The summed E-state index contributed by atoms with van der Waals surface area (Å²) in [4.78, 5) is 4.41. The predicted molar refractivity (Wildman–Crippen MR) is 79.5 cm³/mol. The van der Waals surface area contributed by atoms with E-state index in [1.54, 1.807) is 16.9 Å². The summed E-state index contributed by atoms with van der Waals surface area (Å²) in [7, 11) is 0. The van der Waals surface area contributed by atoms with Gasteiger partial charge in [0.05, 0.1) is 11.7 Å². The molecule has 0 aliphatic rings. The zero-order chi connectivity index (χ0) is 14.0. The largest absolute Gasteiger partial charge is 0.358 e. The second-order valence-electron chi connectivity index (χ2n) is 4.96. The van der Waals surface area contributed by atoms with Gasteiger partial charge in [-0.15, -0.1) is 0 Å². The van der Waals surface area contributed by atoms with Crippen LogP contribution in [0.1, 0.15) is 12.5 Å². The molecule has 0 aliphatic carbocycles. The van der Waals surface area contributed by atoms with Gasteiger partial charge in [-0.3, -0.25) is 0 Å². The van der Waals surface area contributed by atoms with Crippen molar-refractivity contribution < 1.29 is 0 Å². The summed E-state index contributed by atoms with van der Waals surface area (Å²) in [5.41, 5.74) is 7.68. The van der Waals surface area contributed by atoms with Crippen LogP contribution in [0.2, 0.25) is 0 Å². The molecule has 5 nitrogen and oxygen atoms in total. The fourth-order valence-electron chi connectivity index (χ4n) is 2.26. The summed E-state index contributed by atoms with van der Waals surface area (Å²) in [6, 6.07) is 12.1. The van der Waals surface area contributed by atoms with E-state index in [0.29, 0.717) is 6.54 Å². The van der Waals surface area contributed by atoms with Crippen LogP contribution in [0.25, 0.3) is 5.52 Å². The molecule has 0 bridgehead atoms. The quantitative estimate of drug-likeness (QED) is 0.759. The smallest absolute Gasteiger partial charge is 0.152 e. The second-order valence-corrected chi connectivity index (χ2v) is 4.96. The number of rotatable bonds is 4.